The number of halogens is 1. The first-order chi connectivity index (χ1) is 14.5. The molecule has 0 aromatic heterocycles. The number of fused-ring (bicyclic) bond motifs is 1. The molecule has 0 radical (unpaired) electrons. The van der Waals surface area contributed by atoms with Crippen molar-refractivity contribution >= 4 is 11.8 Å². The summed E-state index contributed by atoms with van der Waals surface area (Å²) in [6.45, 7) is 1.47. The number of rotatable bonds is 4. The monoisotopic (exact) mass is 411 g/mol. The third-order valence-corrected chi connectivity index (χ3v) is 5.60. The first-order valence-corrected chi connectivity index (χ1v) is 9.74. The van der Waals surface area contributed by atoms with Crippen molar-refractivity contribution in [2.24, 2.45) is 0 Å². The number of amides is 1. The molecule has 2 aromatic carbocycles. The minimum atomic E-state index is -0.584. The fourth-order valence-electron chi connectivity index (χ4n) is 4.02. The van der Waals surface area contributed by atoms with Crippen LogP contribution in [0.1, 0.15) is 11.1 Å². The Labute approximate surface area is 173 Å². The number of benzene rings is 2. The van der Waals surface area contributed by atoms with Crippen molar-refractivity contribution in [3.63, 3.8) is 0 Å². The minimum absolute atomic E-state index is 0.205. The second-order valence-corrected chi connectivity index (χ2v) is 7.66. The summed E-state index contributed by atoms with van der Waals surface area (Å²) < 4.78 is 20.0. The van der Waals surface area contributed by atoms with Gasteiger partial charge in [0.2, 0.25) is 0 Å². The Bertz CT molecular complexity index is 1040. The van der Waals surface area contributed by atoms with Gasteiger partial charge in [0.25, 0.3) is 0 Å². The van der Waals surface area contributed by atoms with E-state index in [1.54, 1.807) is 12.1 Å². The molecule has 30 heavy (non-hydrogen) atoms. The number of nitrogens with one attached hydrogen (secondary N) is 2. The molecule has 0 bridgehead atoms. The van der Waals surface area contributed by atoms with Crippen LogP contribution in [-0.2, 0) is 17.8 Å². The molecule has 156 valence electrons. The van der Waals surface area contributed by atoms with Crippen LogP contribution < -0.4 is 15.9 Å². The van der Waals surface area contributed by atoms with Crippen LogP contribution in [0, 0.1) is 5.82 Å². The third-order valence-electron chi connectivity index (χ3n) is 5.60. The summed E-state index contributed by atoms with van der Waals surface area (Å²) in [6, 6.07) is 10.7. The maximum atomic E-state index is 14.9. The number of hydrogen-bond acceptors (Lipinski definition) is 7. The van der Waals surface area contributed by atoms with Gasteiger partial charge in [0.1, 0.15) is 17.7 Å². The van der Waals surface area contributed by atoms with Crippen LogP contribution >= 0.6 is 0 Å². The Morgan fingerprint density at radius 2 is 2.03 bits per heavy atom. The number of aliphatic hydroxyl groups excluding tert-OH is 1. The van der Waals surface area contributed by atoms with E-state index in [0.717, 1.165) is 30.0 Å². The van der Waals surface area contributed by atoms with E-state index in [9.17, 15) is 14.3 Å². The lowest BCUT2D eigenvalue weighted by Gasteiger charge is -2.17. The molecule has 1 saturated heterocycles. The molecule has 5 rings (SSSR count). The largest absolute Gasteiger partial charge is 0.441 e. The molecule has 1 fully saturated rings. The number of nitrogens with zero attached hydrogens (tertiary/aromatic N) is 3. The van der Waals surface area contributed by atoms with Gasteiger partial charge in [0.15, 0.2) is 0 Å². The van der Waals surface area contributed by atoms with E-state index in [-0.39, 0.29) is 13.2 Å². The maximum absolute atomic E-state index is 14.9. The molecule has 2 aromatic rings. The van der Waals surface area contributed by atoms with Gasteiger partial charge in [-0.3, -0.25) is 15.3 Å². The van der Waals surface area contributed by atoms with Gasteiger partial charge in [-0.05, 0) is 41.0 Å². The van der Waals surface area contributed by atoms with Gasteiger partial charge in [-0.15, -0.1) is 5.53 Å². The molecule has 1 atom stereocenters. The molecule has 3 N–H and O–H groups in total. The summed E-state index contributed by atoms with van der Waals surface area (Å²) in [6.07, 6.45) is 0.823. The number of aliphatic hydroxyl groups is 1. The van der Waals surface area contributed by atoms with Crippen molar-refractivity contribution in [2.75, 3.05) is 25.1 Å². The smallest absolute Gasteiger partial charge is 0.414 e. The van der Waals surface area contributed by atoms with E-state index in [1.165, 1.54) is 16.5 Å². The second kappa shape index (κ2) is 7.19. The summed E-state index contributed by atoms with van der Waals surface area (Å²) in [4.78, 5) is 15.5. The standard InChI is InChI=1S/C21H22FN5O3/c1-25-11-20(23-24-25)26-8-14-3-2-13(6-15(14)9-26)18-5-4-16(7-19(18)22)27-10-17(12-28)30-21(27)29/h2-7,11,17,23-24,28H,8-10,12H2,1H3/t17-/m1/s1. The number of anilines is 1. The van der Waals surface area contributed by atoms with Crippen molar-refractivity contribution in [1.29, 1.82) is 0 Å². The number of hydrazine groups is 2. The molecule has 0 spiro atoms. The molecular formula is C21H22FN5O3. The SMILES string of the molecule is CN1C=C(N2Cc3ccc(-c4ccc(N5C[C@H](CO)OC5=O)cc4F)cc3C2)NN1. The van der Waals surface area contributed by atoms with Crippen LogP contribution in [0.25, 0.3) is 11.1 Å². The predicted octanol–water partition coefficient (Wildman–Crippen LogP) is 1.88. The third kappa shape index (κ3) is 3.21. The molecule has 0 aliphatic carbocycles. The van der Waals surface area contributed by atoms with Gasteiger partial charge in [0, 0.05) is 25.7 Å². The average Bonchev–Trinajstić information content (AvgIpc) is 3.44. The van der Waals surface area contributed by atoms with Crippen molar-refractivity contribution in [3.05, 3.63) is 65.4 Å². The van der Waals surface area contributed by atoms with E-state index in [4.69, 9.17) is 4.74 Å². The lowest BCUT2D eigenvalue weighted by atomic mass is 10.00. The highest BCUT2D eigenvalue weighted by Gasteiger charge is 2.32. The fraction of sp³-hybridized carbons (Fsp3) is 0.286. The molecule has 0 saturated carbocycles. The van der Waals surface area contributed by atoms with Gasteiger partial charge < -0.3 is 14.7 Å². The van der Waals surface area contributed by atoms with E-state index in [1.807, 2.05) is 36.5 Å². The van der Waals surface area contributed by atoms with E-state index < -0.39 is 18.0 Å². The summed E-state index contributed by atoms with van der Waals surface area (Å²) in [5.41, 5.74) is 10.2. The van der Waals surface area contributed by atoms with Crippen LogP contribution in [0.3, 0.4) is 0 Å². The first kappa shape index (κ1) is 18.7. The number of hydrogen-bond donors (Lipinski definition) is 3. The lowest BCUT2D eigenvalue weighted by Crippen LogP contribution is -2.36. The highest BCUT2D eigenvalue weighted by atomic mass is 19.1. The van der Waals surface area contributed by atoms with Crippen LogP contribution in [0.2, 0.25) is 0 Å². The molecule has 0 unspecified atom stereocenters. The van der Waals surface area contributed by atoms with Gasteiger partial charge in [-0.2, -0.15) is 0 Å². The molecular weight excluding hydrogens is 389 g/mol. The Kier molecular flexibility index (Phi) is 4.48. The van der Waals surface area contributed by atoms with Crippen molar-refractivity contribution in [1.82, 2.24) is 20.9 Å². The average molecular weight is 411 g/mol. The maximum Gasteiger partial charge on any atom is 0.414 e. The van der Waals surface area contributed by atoms with E-state index in [0.29, 0.717) is 11.3 Å². The molecule has 3 aliphatic rings. The second-order valence-electron chi connectivity index (χ2n) is 7.66. The van der Waals surface area contributed by atoms with Crippen LogP contribution in [0.5, 0.6) is 0 Å². The van der Waals surface area contributed by atoms with Crippen molar-refractivity contribution in [3.8, 4) is 11.1 Å². The molecule has 9 heteroatoms. The zero-order valence-corrected chi connectivity index (χ0v) is 16.4. The number of ether oxygens (including phenoxy) is 1. The summed E-state index contributed by atoms with van der Waals surface area (Å²) >= 11 is 0. The van der Waals surface area contributed by atoms with Gasteiger partial charge in [-0.1, -0.05) is 12.1 Å². The molecule has 8 nitrogen and oxygen atoms in total. The molecule has 3 heterocycles. The van der Waals surface area contributed by atoms with Gasteiger partial charge in [0.05, 0.1) is 25.0 Å². The van der Waals surface area contributed by atoms with Crippen LogP contribution in [-0.4, -0.2) is 47.4 Å². The quantitative estimate of drug-likeness (QED) is 0.709. The Balaban J connectivity index is 1.37. The highest BCUT2D eigenvalue weighted by molar-refractivity contribution is 5.90. The topological polar surface area (TPSA) is 80.3 Å². The highest BCUT2D eigenvalue weighted by Crippen LogP contribution is 2.33. The lowest BCUT2D eigenvalue weighted by molar-refractivity contribution is 0.0963. The minimum Gasteiger partial charge on any atom is -0.441 e. The number of carbonyl (C=O) groups excluding carboxylic acids is 1. The normalized spacial score (nSPS) is 20.4. The summed E-state index contributed by atoms with van der Waals surface area (Å²) in [7, 11) is 1.92. The van der Waals surface area contributed by atoms with Gasteiger partial charge >= 0.3 is 6.09 Å². The van der Waals surface area contributed by atoms with Crippen molar-refractivity contribution < 1.29 is 19.0 Å². The zero-order valence-electron chi connectivity index (χ0n) is 16.4. The van der Waals surface area contributed by atoms with Gasteiger partial charge in [-0.25, -0.2) is 9.18 Å². The Morgan fingerprint density at radius 1 is 1.20 bits per heavy atom. The predicted molar refractivity (Wildman–Crippen MR) is 108 cm³/mol. The Hall–Kier alpha value is -3.30. The van der Waals surface area contributed by atoms with Crippen LogP contribution in [0.4, 0.5) is 14.9 Å². The summed E-state index contributed by atoms with van der Waals surface area (Å²) in [5, 5.41) is 11.0. The van der Waals surface area contributed by atoms with Crippen molar-refractivity contribution in [2.45, 2.75) is 19.2 Å². The number of carbonyl (C=O) groups is 1. The first-order valence-electron chi connectivity index (χ1n) is 9.74. The fourth-order valence-corrected chi connectivity index (χ4v) is 4.02. The Morgan fingerprint density at radius 3 is 2.73 bits per heavy atom. The van der Waals surface area contributed by atoms with Crippen LogP contribution in [0.15, 0.2) is 48.4 Å². The molecule has 1 amide bonds. The molecule has 3 aliphatic heterocycles. The van der Waals surface area contributed by atoms with E-state index >= 15 is 0 Å². The summed E-state index contributed by atoms with van der Waals surface area (Å²) in [5.74, 6) is 0.581. The zero-order chi connectivity index (χ0) is 20.8. The van der Waals surface area contributed by atoms with E-state index in [2.05, 4.69) is 15.9 Å². The number of cyclic esters (lactones) is 1.